The molecule has 14 heavy (non-hydrogen) atoms. The molecule has 2 N–H and O–H groups in total. The van der Waals surface area contributed by atoms with Gasteiger partial charge in [-0.2, -0.15) is 0 Å². The highest BCUT2D eigenvalue weighted by Crippen LogP contribution is 2.11. The molecule has 1 heterocycles. The van der Waals surface area contributed by atoms with E-state index in [4.69, 9.17) is 0 Å². The first-order valence-corrected chi connectivity index (χ1v) is 5.83. The molecule has 1 aliphatic heterocycles. The average Bonchev–Trinajstić information content (AvgIpc) is 2.17. The molecule has 0 spiro atoms. The minimum absolute atomic E-state index is 0.202. The van der Waals surface area contributed by atoms with Crippen molar-refractivity contribution in [1.29, 1.82) is 0 Å². The Bertz CT molecular complexity index is 144. The standard InChI is InChI=1S/C11H24N2O/c1-3-13(8-10(2)14)9-11-5-4-6-12-7-11/h10-12,14H,3-9H2,1-2H3/t10-,11?/m1/s1. The zero-order valence-electron chi connectivity index (χ0n) is 9.50. The summed E-state index contributed by atoms with van der Waals surface area (Å²) >= 11 is 0. The second-order valence-corrected chi connectivity index (χ2v) is 4.41. The molecule has 0 aliphatic carbocycles. The summed E-state index contributed by atoms with van der Waals surface area (Å²) in [5, 5.41) is 12.8. The minimum Gasteiger partial charge on any atom is -0.392 e. The Kier molecular flexibility index (Phi) is 5.45. The lowest BCUT2D eigenvalue weighted by Crippen LogP contribution is -2.40. The summed E-state index contributed by atoms with van der Waals surface area (Å²) in [6.45, 7) is 9.35. The molecule has 1 fully saturated rings. The Morgan fingerprint density at radius 2 is 2.36 bits per heavy atom. The third kappa shape index (κ3) is 4.40. The van der Waals surface area contributed by atoms with Gasteiger partial charge < -0.3 is 15.3 Å². The van der Waals surface area contributed by atoms with Crippen molar-refractivity contribution in [3.05, 3.63) is 0 Å². The van der Waals surface area contributed by atoms with E-state index in [0.29, 0.717) is 0 Å². The summed E-state index contributed by atoms with van der Waals surface area (Å²) in [5.41, 5.74) is 0. The van der Waals surface area contributed by atoms with Crippen molar-refractivity contribution in [2.24, 2.45) is 5.92 Å². The lowest BCUT2D eigenvalue weighted by molar-refractivity contribution is 0.114. The second kappa shape index (κ2) is 6.38. The highest BCUT2D eigenvalue weighted by molar-refractivity contribution is 4.73. The number of aliphatic hydroxyl groups excluding tert-OH is 1. The molecule has 1 rings (SSSR count). The molecule has 0 amide bonds. The van der Waals surface area contributed by atoms with Gasteiger partial charge in [0.2, 0.25) is 0 Å². The normalized spacial score (nSPS) is 25.3. The molecule has 0 aromatic rings. The molecule has 84 valence electrons. The zero-order valence-corrected chi connectivity index (χ0v) is 9.50. The number of nitrogens with zero attached hydrogens (tertiary/aromatic N) is 1. The van der Waals surface area contributed by atoms with Crippen molar-refractivity contribution >= 4 is 0 Å². The largest absolute Gasteiger partial charge is 0.392 e. The fraction of sp³-hybridized carbons (Fsp3) is 1.00. The number of likely N-dealkylation sites (N-methyl/N-ethyl adjacent to an activating group) is 1. The van der Waals surface area contributed by atoms with E-state index >= 15 is 0 Å². The Hall–Kier alpha value is -0.120. The number of hydrogen-bond donors (Lipinski definition) is 2. The quantitative estimate of drug-likeness (QED) is 0.685. The lowest BCUT2D eigenvalue weighted by Gasteiger charge is -2.30. The van der Waals surface area contributed by atoms with Gasteiger partial charge in [0.25, 0.3) is 0 Å². The Labute approximate surface area is 87.5 Å². The van der Waals surface area contributed by atoms with Crippen LogP contribution in [0.2, 0.25) is 0 Å². The maximum atomic E-state index is 9.33. The first-order valence-electron chi connectivity index (χ1n) is 5.83. The molecular weight excluding hydrogens is 176 g/mol. The van der Waals surface area contributed by atoms with E-state index in [1.165, 1.54) is 19.4 Å². The van der Waals surface area contributed by atoms with Crippen molar-refractivity contribution in [3.8, 4) is 0 Å². The first-order chi connectivity index (χ1) is 6.72. The van der Waals surface area contributed by atoms with Crippen LogP contribution in [0.3, 0.4) is 0 Å². The number of piperidine rings is 1. The summed E-state index contributed by atoms with van der Waals surface area (Å²) in [4.78, 5) is 2.35. The predicted octanol–water partition coefficient (Wildman–Crippen LogP) is 0.689. The van der Waals surface area contributed by atoms with Crippen molar-refractivity contribution < 1.29 is 5.11 Å². The summed E-state index contributed by atoms with van der Waals surface area (Å²) < 4.78 is 0. The van der Waals surface area contributed by atoms with Crippen LogP contribution in [0.1, 0.15) is 26.7 Å². The summed E-state index contributed by atoms with van der Waals surface area (Å²) in [6.07, 6.45) is 2.44. The number of aliphatic hydroxyl groups is 1. The third-order valence-electron chi connectivity index (χ3n) is 2.88. The van der Waals surface area contributed by atoms with E-state index in [-0.39, 0.29) is 6.10 Å². The van der Waals surface area contributed by atoms with E-state index in [9.17, 15) is 5.11 Å². The van der Waals surface area contributed by atoms with Crippen molar-refractivity contribution in [3.63, 3.8) is 0 Å². The molecule has 2 atom stereocenters. The van der Waals surface area contributed by atoms with Gasteiger partial charge >= 0.3 is 0 Å². The molecule has 1 unspecified atom stereocenters. The summed E-state index contributed by atoms with van der Waals surface area (Å²) in [6, 6.07) is 0. The molecule has 0 radical (unpaired) electrons. The smallest absolute Gasteiger partial charge is 0.0639 e. The molecule has 1 saturated heterocycles. The van der Waals surface area contributed by atoms with Crippen LogP contribution >= 0.6 is 0 Å². The molecular formula is C11H24N2O. The Morgan fingerprint density at radius 3 is 2.86 bits per heavy atom. The van der Waals surface area contributed by atoms with Crippen LogP contribution in [-0.4, -0.2) is 48.8 Å². The predicted molar refractivity (Wildman–Crippen MR) is 59.4 cm³/mol. The highest BCUT2D eigenvalue weighted by atomic mass is 16.3. The van der Waals surface area contributed by atoms with Gasteiger partial charge in [-0.05, 0) is 45.3 Å². The molecule has 1 aliphatic rings. The fourth-order valence-electron chi connectivity index (χ4n) is 2.15. The van der Waals surface area contributed by atoms with Crippen LogP contribution in [0.25, 0.3) is 0 Å². The summed E-state index contributed by atoms with van der Waals surface area (Å²) in [7, 11) is 0. The van der Waals surface area contributed by atoms with Gasteiger partial charge in [-0.1, -0.05) is 6.92 Å². The van der Waals surface area contributed by atoms with E-state index in [1.54, 1.807) is 0 Å². The van der Waals surface area contributed by atoms with E-state index < -0.39 is 0 Å². The molecule has 0 aromatic heterocycles. The van der Waals surface area contributed by atoms with Gasteiger partial charge in [0.1, 0.15) is 0 Å². The van der Waals surface area contributed by atoms with Gasteiger partial charge in [-0.3, -0.25) is 0 Å². The molecule has 0 bridgehead atoms. The van der Waals surface area contributed by atoms with Crippen molar-refractivity contribution in [2.45, 2.75) is 32.8 Å². The van der Waals surface area contributed by atoms with Crippen molar-refractivity contribution in [2.75, 3.05) is 32.7 Å². The summed E-state index contributed by atoms with van der Waals surface area (Å²) in [5.74, 6) is 0.780. The first kappa shape index (κ1) is 12.0. The van der Waals surface area contributed by atoms with Gasteiger partial charge in [0.05, 0.1) is 6.10 Å². The topological polar surface area (TPSA) is 35.5 Å². The van der Waals surface area contributed by atoms with Crippen LogP contribution in [0.15, 0.2) is 0 Å². The van der Waals surface area contributed by atoms with Crippen LogP contribution in [0.4, 0.5) is 0 Å². The number of rotatable bonds is 5. The third-order valence-corrected chi connectivity index (χ3v) is 2.88. The maximum absolute atomic E-state index is 9.33. The molecule has 3 heteroatoms. The SMILES string of the molecule is CCN(CC1CCCNC1)C[C@@H](C)O. The van der Waals surface area contributed by atoms with Crippen LogP contribution in [-0.2, 0) is 0 Å². The monoisotopic (exact) mass is 200 g/mol. The molecule has 3 nitrogen and oxygen atoms in total. The van der Waals surface area contributed by atoms with E-state index in [0.717, 1.165) is 32.1 Å². The maximum Gasteiger partial charge on any atom is 0.0639 e. The Balaban J connectivity index is 2.23. The number of nitrogens with one attached hydrogen (secondary N) is 1. The van der Waals surface area contributed by atoms with Crippen molar-refractivity contribution in [1.82, 2.24) is 10.2 Å². The van der Waals surface area contributed by atoms with Gasteiger partial charge in [0, 0.05) is 13.1 Å². The number of hydrogen-bond acceptors (Lipinski definition) is 3. The average molecular weight is 200 g/mol. The van der Waals surface area contributed by atoms with Crippen LogP contribution < -0.4 is 5.32 Å². The van der Waals surface area contributed by atoms with Crippen LogP contribution in [0, 0.1) is 5.92 Å². The second-order valence-electron chi connectivity index (χ2n) is 4.41. The minimum atomic E-state index is -0.202. The van der Waals surface area contributed by atoms with Gasteiger partial charge in [-0.25, -0.2) is 0 Å². The van der Waals surface area contributed by atoms with Gasteiger partial charge in [0.15, 0.2) is 0 Å². The molecule has 0 saturated carbocycles. The Morgan fingerprint density at radius 1 is 1.57 bits per heavy atom. The lowest BCUT2D eigenvalue weighted by atomic mass is 9.99. The van der Waals surface area contributed by atoms with E-state index in [2.05, 4.69) is 17.1 Å². The van der Waals surface area contributed by atoms with E-state index in [1.807, 2.05) is 6.92 Å². The van der Waals surface area contributed by atoms with Crippen LogP contribution in [0.5, 0.6) is 0 Å². The highest BCUT2D eigenvalue weighted by Gasteiger charge is 2.16. The fourth-order valence-corrected chi connectivity index (χ4v) is 2.15. The zero-order chi connectivity index (χ0) is 10.4. The van der Waals surface area contributed by atoms with Gasteiger partial charge in [-0.15, -0.1) is 0 Å². The molecule has 0 aromatic carbocycles.